The quantitative estimate of drug-likeness (QED) is 0.146. The Bertz CT molecular complexity index is 1160. The van der Waals surface area contributed by atoms with Crippen LogP contribution in [0.15, 0.2) is 39.9 Å². The maximum Gasteiger partial charge on any atom is 0.510 e. The summed E-state index contributed by atoms with van der Waals surface area (Å²) in [5, 5.41) is 0. The van der Waals surface area contributed by atoms with Crippen LogP contribution in [-0.4, -0.2) is 51.5 Å². The van der Waals surface area contributed by atoms with E-state index in [1.807, 2.05) is 24.3 Å². The molecule has 0 bridgehead atoms. The summed E-state index contributed by atoms with van der Waals surface area (Å²) in [6.07, 6.45) is 0.484. The molecule has 2 aromatic heterocycles. The monoisotopic (exact) mass is 557 g/mol. The molecule has 0 aliphatic carbocycles. The minimum Gasteiger partial charge on any atom is -0.432 e. The van der Waals surface area contributed by atoms with Crippen LogP contribution in [0, 0.1) is 0 Å². The molecule has 0 radical (unpaired) electrons. The van der Waals surface area contributed by atoms with Crippen LogP contribution >= 0.6 is 24.3 Å². The molecular weight excluding hydrogens is 533 g/mol. The summed E-state index contributed by atoms with van der Waals surface area (Å²) < 4.78 is 29.6. The number of nitrogen functional groups attached to an aromatic ring is 1. The van der Waals surface area contributed by atoms with E-state index in [1.165, 1.54) is 6.33 Å². The normalized spacial score (nSPS) is 12.2. The zero-order valence-electron chi connectivity index (χ0n) is 18.6. The van der Waals surface area contributed by atoms with Crippen molar-refractivity contribution >= 4 is 47.6 Å². The number of rotatable bonds is 12. The van der Waals surface area contributed by atoms with Gasteiger partial charge in [0.25, 0.3) is 5.56 Å². The summed E-state index contributed by atoms with van der Waals surface area (Å²) in [6, 6.07) is 7.65. The van der Waals surface area contributed by atoms with Crippen molar-refractivity contribution < 1.29 is 28.1 Å². The molecule has 0 fully saturated rings. The Morgan fingerprint density at radius 1 is 1.32 bits per heavy atom. The maximum absolute atomic E-state index is 11.9. The molecule has 0 saturated heterocycles. The van der Waals surface area contributed by atoms with Gasteiger partial charge in [-0.2, -0.15) is 4.98 Å². The van der Waals surface area contributed by atoms with Crippen molar-refractivity contribution in [1.82, 2.24) is 19.5 Å². The van der Waals surface area contributed by atoms with Crippen molar-refractivity contribution in [3.8, 4) is 0 Å². The molecule has 0 spiro atoms. The second-order valence-corrected chi connectivity index (χ2v) is 9.50. The number of aromatic amines is 1. The highest BCUT2D eigenvalue weighted by molar-refractivity contribution is 9.10. The summed E-state index contributed by atoms with van der Waals surface area (Å²) in [6.45, 7) is 4.01. The van der Waals surface area contributed by atoms with E-state index in [9.17, 15) is 9.59 Å². The number of carbonyl (C=O) groups excluding carboxylic acids is 1. The largest absolute Gasteiger partial charge is 0.510 e. The summed E-state index contributed by atoms with van der Waals surface area (Å²) in [7, 11) is -1.54. The number of benzene rings is 1. The number of carbonyl (C=O) groups is 1. The van der Waals surface area contributed by atoms with E-state index >= 15 is 0 Å². The van der Waals surface area contributed by atoms with Gasteiger partial charge in [-0.25, -0.2) is 9.78 Å². The third-order valence-electron chi connectivity index (χ3n) is 4.14. The number of imidazole rings is 1. The number of aromatic nitrogens is 4. The predicted molar refractivity (Wildman–Crippen MR) is 128 cm³/mol. The van der Waals surface area contributed by atoms with Gasteiger partial charge in [0.15, 0.2) is 11.2 Å². The lowest BCUT2D eigenvalue weighted by Crippen LogP contribution is -2.15. The second-order valence-electron chi connectivity index (χ2n) is 7.14. The number of H-pyrrole nitrogens is 1. The predicted octanol–water partition coefficient (Wildman–Crippen LogP) is 3.50. The molecule has 184 valence electrons. The first-order valence-electron chi connectivity index (χ1n) is 10.2. The van der Waals surface area contributed by atoms with Crippen LogP contribution in [-0.2, 0) is 36.4 Å². The van der Waals surface area contributed by atoms with Crippen LogP contribution in [0.4, 0.5) is 10.7 Å². The zero-order chi connectivity index (χ0) is 24.5. The molecule has 0 amide bonds. The average Bonchev–Trinajstić information content (AvgIpc) is 3.17. The van der Waals surface area contributed by atoms with Gasteiger partial charge in [0.05, 0.1) is 25.6 Å². The van der Waals surface area contributed by atoms with Gasteiger partial charge in [-0.1, -0.05) is 28.1 Å². The molecule has 1 unspecified atom stereocenters. The highest BCUT2D eigenvalue weighted by atomic mass is 79.9. The zero-order valence-corrected chi connectivity index (χ0v) is 21.1. The highest BCUT2D eigenvalue weighted by Crippen LogP contribution is 2.39. The first-order valence-corrected chi connectivity index (χ1v) is 12.4. The number of ether oxygens (including phenoxy) is 3. The third kappa shape index (κ3) is 8.03. The molecule has 34 heavy (non-hydrogen) atoms. The van der Waals surface area contributed by atoms with E-state index < -0.39 is 20.1 Å². The van der Waals surface area contributed by atoms with Crippen LogP contribution < -0.4 is 11.3 Å². The molecule has 2 heterocycles. The van der Waals surface area contributed by atoms with Crippen LogP contribution in [0.5, 0.6) is 0 Å². The van der Waals surface area contributed by atoms with E-state index in [4.69, 9.17) is 29.0 Å². The van der Waals surface area contributed by atoms with E-state index in [0.717, 1.165) is 10.0 Å². The van der Waals surface area contributed by atoms with Crippen molar-refractivity contribution in [2.24, 2.45) is 0 Å². The Morgan fingerprint density at radius 3 is 2.91 bits per heavy atom. The Labute approximate surface area is 204 Å². The molecule has 1 atom stereocenters. The number of anilines is 1. The molecular formula is C20H25BrN5O7P. The van der Waals surface area contributed by atoms with Crippen LogP contribution in [0.1, 0.15) is 19.4 Å². The standard InChI is InChI=1S/C20H25BrN5O7P/c1-13(2)33-20(28)30-11-32-34(31-9-14-4-3-5-15(21)8-14)12-29-7-6-26-10-23-16-17(26)24-19(22)25-18(16)27/h3-5,8,10,13H,6-7,9,11-12H2,1-2H3,(H3,22,24,25,27). The number of nitrogens with zero attached hydrogens (tertiary/aromatic N) is 3. The Balaban J connectivity index is 1.52. The smallest absolute Gasteiger partial charge is 0.432 e. The first-order chi connectivity index (χ1) is 16.3. The van der Waals surface area contributed by atoms with Crippen molar-refractivity contribution in [1.29, 1.82) is 0 Å². The topological polar surface area (TPSA) is 153 Å². The summed E-state index contributed by atoms with van der Waals surface area (Å²) in [5.74, 6) is 0.00836. The highest BCUT2D eigenvalue weighted by Gasteiger charge is 2.15. The van der Waals surface area contributed by atoms with E-state index in [2.05, 4.69) is 30.9 Å². The average molecular weight is 558 g/mol. The SMILES string of the molecule is CC(C)OC(=O)OCOP(COCCn1cnc2c(=O)[nH]c(N)nc21)OCc1cccc(Br)c1. The fourth-order valence-corrected chi connectivity index (χ4v) is 4.09. The Morgan fingerprint density at radius 2 is 2.15 bits per heavy atom. The summed E-state index contributed by atoms with van der Waals surface area (Å²) >= 11 is 3.42. The third-order valence-corrected chi connectivity index (χ3v) is 5.83. The molecule has 3 aromatic rings. The minimum absolute atomic E-state index is 0.00836. The van der Waals surface area contributed by atoms with E-state index in [-0.39, 0.29) is 43.9 Å². The number of hydrogen-bond acceptors (Lipinski definition) is 10. The molecule has 3 N–H and O–H groups in total. The van der Waals surface area contributed by atoms with E-state index in [1.54, 1.807) is 18.4 Å². The van der Waals surface area contributed by atoms with Crippen molar-refractivity contribution in [2.45, 2.75) is 33.1 Å². The van der Waals surface area contributed by atoms with Gasteiger partial charge < -0.3 is 29.0 Å². The van der Waals surface area contributed by atoms with Gasteiger partial charge in [0, 0.05) is 11.0 Å². The van der Waals surface area contributed by atoms with Gasteiger partial charge >= 0.3 is 6.16 Å². The van der Waals surface area contributed by atoms with Crippen molar-refractivity contribution in [3.63, 3.8) is 0 Å². The molecule has 1 aromatic carbocycles. The van der Waals surface area contributed by atoms with Gasteiger partial charge in [0.1, 0.15) is 6.35 Å². The molecule has 3 rings (SSSR count). The first kappa shape index (κ1) is 26.0. The minimum atomic E-state index is -1.54. The van der Waals surface area contributed by atoms with Crippen molar-refractivity contribution in [2.75, 3.05) is 25.5 Å². The summed E-state index contributed by atoms with van der Waals surface area (Å²) in [5.41, 5.74) is 6.71. The van der Waals surface area contributed by atoms with Crippen molar-refractivity contribution in [3.05, 3.63) is 51.0 Å². The molecule has 0 aliphatic rings. The maximum atomic E-state index is 11.9. The van der Waals surface area contributed by atoms with Crippen LogP contribution in [0.25, 0.3) is 11.2 Å². The number of nitrogens with two attached hydrogens (primary N) is 1. The number of hydrogen-bond donors (Lipinski definition) is 2. The fourth-order valence-electron chi connectivity index (χ4n) is 2.68. The van der Waals surface area contributed by atoms with Gasteiger partial charge in [0.2, 0.25) is 21.1 Å². The molecule has 0 aliphatic heterocycles. The fraction of sp³-hybridized carbons (Fsp3) is 0.400. The molecule has 12 nitrogen and oxygen atoms in total. The Hall–Kier alpha value is -2.57. The lowest BCUT2D eigenvalue weighted by molar-refractivity contribution is -0.0113. The summed E-state index contributed by atoms with van der Waals surface area (Å²) in [4.78, 5) is 34.0. The second kappa shape index (κ2) is 12.8. The molecule has 14 heteroatoms. The molecule has 0 saturated carbocycles. The van der Waals surface area contributed by atoms with Gasteiger partial charge in [-0.05, 0) is 31.5 Å². The Kier molecular flexibility index (Phi) is 9.78. The lowest BCUT2D eigenvalue weighted by atomic mass is 10.2. The van der Waals surface area contributed by atoms with E-state index in [0.29, 0.717) is 12.2 Å². The van der Waals surface area contributed by atoms with Crippen LogP contribution in [0.2, 0.25) is 0 Å². The lowest BCUT2D eigenvalue weighted by Gasteiger charge is -2.18. The van der Waals surface area contributed by atoms with Crippen LogP contribution in [0.3, 0.4) is 0 Å². The van der Waals surface area contributed by atoms with Gasteiger partial charge in [-0.15, -0.1) is 0 Å². The number of fused-ring (bicyclic) bond motifs is 1. The number of nitrogens with one attached hydrogen (secondary N) is 1. The van der Waals surface area contributed by atoms with Gasteiger partial charge in [-0.3, -0.25) is 14.3 Å². The number of halogens is 1.